The van der Waals surface area contributed by atoms with Crippen molar-refractivity contribution in [2.75, 3.05) is 5.32 Å². The number of nitrogens with one attached hydrogen (secondary N) is 1. The standard InChI is InChI=1S/C12H11BrClN3/c1-8-4-11(12(14)17-5-8)16-7-10-3-2-9(13)6-15-10/h2-6,16H,7H2,1H3. The first kappa shape index (κ1) is 12.3. The highest BCUT2D eigenvalue weighted by Gasteiger charge is 2.02. The van der Waals surface area contributed by atoms with Crippen LogP contribution in [0, 0.1) is 6.92 Å². The minimum absolute atomic E-state index is 0.479. The number of hydrogen-bond donors (Lipinski definition) is 1. The second-order valence-electron chi connectivity index (χ2n) is 3.67. The van der Waals surface area contributed by atoms with Crippen LogP contribution in [0.5, 0.6) is 0 Å². The fourth-order valence-corrected chi connectivity index (χ4v) is 1.78. The van der Waals surface area contributed by atoms with Gasteiger partial charge in [0.15, 0.2) is 5.15 Å². The second-order valence-corrected chi connectivity index (χ2v) is 4.95. The number of anilines is 1. The number of halogens is 2. The van der Waals surface area contributed by atoms with Crippen molar-refractivity contribution < 1.29 is 0 Å². The smallest absolute Gasteiger partial charge is 0.152 e. The highest BCUT2D eigenvalue weighted by molar-refractivity contribution is 9.10. The Kier molecular flexibility index (Phi) is 3.97. The summed E-state index contributed by atoms with van der Waals surface area (Å²) in [6.07, 6.45) is 3.51. The molecule has 88 valence electrons. The molecule has 0 unspecified atom stereocenters. The molecule has 3 nitrogen and oxygen atoms in total. The number of pyridine rings is 2. The van der Waals surface area contributed by atoms with Crippen LogP contribution < -0.4 is 5.32 Å². The molecule has 1 N–H and O–H groups in total. The van der Waals surface area contributed by atoms with Crippen LogP contribution in [0.15, 0.2) is 35.1 Å². The van der Waals surface area contributed by atoms with Crippen LogP contribution in [0.4, 0.5) is 5.69 Å². The van der Waals surface area contributed by atoms with E-state index in [0.717, 1.165) is 21.4 Å². The number of rotatable bonds is 3. The van der Waals surface area contributed by atoms with Crippen LogP contribution in [-0.4, -0.2) is 9.97 Å². The molecule has 17 heavy (non-hydrogen) atoms. The third-order valence-electron chi connectivity index (χ3n) is 2.22. The molecule has 0 spiro atoms. The van der Waals surface area contributed by atoms with Gasteiger partial charge in [0, 0.05) is 16.9 Å². The minimum Gasteiger partial charge on any atom is -0.377 e. The summed E-state index contributed by atoms with van der Waals surface area (Å²) in [7, 11) is 0. The van der Waals surface area contributed by atoms with Gasteiger partial charge in [0.2, 0.25) is 0 Å². The molecule has 0 saturated heterocycles. The van der Waals surface area contributed by atoms with Gasteiger partial charge in [-0.1, -0.05) is 11.6 Å². The van der Waals surface area contributed by atoms with Gasteiger partial charge in [-0.05, 0) is 46.6 Å². The van der Waals surface area contributed by atoms with E-state index in [1.54, 1.807) is 12.4 Å². The van der Waals surface area contributed by atoms with E-state index in [1.165, 1.54) is 0 Å². The highest BCUT2D eigenvalue weighted by Crippen LogP contribution is 2.20. The lowest BCUT2D eigenvalue weighted by atomic mass is 10.3. The molecule has 2 rings (SSSR count). The van der Waals surface area contributed by atoms with Crippen LogP contribution in [0.2, 0.25) is 5.15 Å². The molecule has 2 aromatic heterocycles. The maximum atomic E-state index is 5.99. The Morgan fingerprint density at radius 3 is 2.82 bits per heavy atom. The number of nitrogens with zero attached hydrogens (tertiary/aromatic N) is 2. The molecule has 0 atom stereocenters. The maximum absolute atomic E-state index is 5.99. The van der Waals surface area contributed by atoms with Crippen molar-refractivity contribution in [3.05, 3.63) is 51.5 Å². The topological polar surface area (TPSA) is 37.8 Å². The molecule has 0 fully saturated rings. The number of hydrogen-bond acceptors (Lipinski definition) is 3. The normalized spacial score (nSPS) is 10.3. The van der Waals surface area contributed by atoms with Gasteiger partial charge in [0.05, 0.1) is 17.9 Å². The summed E-state index contributed by atoms with van der Waals surface area (Å²) in [6.45, 7) is 2.60. The first-order valence-corrected chi connectivity index (χ1v) is 6.29. The van der Waals surface area contributed by atoms with E-state index < -0.39 is 0 Å². The van der Waals surface area contributed by atoms with Gasteiger partial charge in [-0.2, -0.15) is 0 Å². The quantitative estimate of drug-likeness (QED) is 0.876. The monoisotopic (exact) mass is 311 g/mol. The van der Waals surface area contributed by atoms with E-state index in [0.29, 0.717) is 11.7 Å². The van der Waals surface area contributed by atoms with E-state index in [1.807, 2.05) is 25.1 Å². The summed E-state index contributed by atoms with van der Waals surface area (Å²) in [5.41, 5.74) is 2.85. The van der Waals surface area contributed by atoms with E-state index in [-0.39, 0.29) is 0 Å². The summed E-state index contributed by atoms with van der Waals surface area (Å²) in [4.78, 5) is 8.35. The molecule has 0 bridgehead atoms. The molecular weight excluding hydrogens is 302 g/mol. The van der Waals surface area contributed by atoms with Crippen molar-refractivity contribution in [2.45, 2.75) is 13.5 Å². The highest BCUT2D eigenvalue weighted by atomic mass is 79.9. The first-order chi connectivity index (χ1) is 8.15. The molecule has 0 aliphatic rings. The first-order valence-electron chi connectivity index (χ1n) is 5.11. The molecule has 0 amide bonds. The third kappa shape index (κ3) is 3.41. The number of aromatic nitrogens is 2. The van der Waals surface area contributed by atoms with Crippen molar-refractivity contribution in [3.63, 3.8) is 0 Å². The summed E-state index contributed by atoms with van der Waals surface area (Å²) < 4.78 is 0.969. The van der Waals surface area contributed by atoms with Gasteiger partial charge in [-0.3, -0.25) is 4.98 Å². The molecule has 2 heterocycles. The van der Waals surface area contributed by atoms with E-state index in [4.69, 9.17) is 11.6 Å². The Balaban J connectivity index is 2.07. The summed E-state index contributed by atoms with van der Waals surface area (Å²) in [5, 5.41) is 3.70. The Labute approximate surface area is 113 Å². The lowest BCUT2D eigenvalue weighted by molar-refractivity contribution is 1.04. The third-order valence-corrected chi connectivity index (χ3v) is 2.99. The fourth-order valence-electron chi connectivity index (χ4n) is 1.37. The Morgan fingerprint density at radius 2 is 2.12 bits per heavy atom. The van der Waals surface area contributed by atoms with Crippen LogP contribution in [-0.2, 0) is 6.54 Å². The predicted octanol–water partition coefficient (Wildman–Crippen LogP) is 3.81. The average Bonchev–Trinajstić information content (AvgIpc) is 2.32. The zero-order valence-electron chi connectivity index (χ0n) is 9.24. The van der Waals surface area contributed by atoms with Crippen LogP contribution >= 0.6 is 27.5 Å². The molecule has 0 saturated carbocycles. The molecule has 0 aliphatic carbocycles. The van der Waals surface area contributed by atoms with Gasteiger partial charge in [0.1, 0.15) is 0 Å². The van der Waals surface area contributed by atoms with Gasteiger partial charge >= 0.3 is 0 Å². The maximum Gasteiger partial charge on any atom is 0.152 e. The van der Waals surface area contributed by atoms with Gasteiger partial charge in [-0.25, -0.2) is 4.98 Å². The molecule has 5 heteroatoms. The zero-order valence-corrected chi connectivity index (χ0v) is 11.6. The molecular formula is C12H11BrClN3. The molecule has 2 aromatic rings. The Bertz CT molecular complexity index is 514. The Hall–Kier alpha value is -1.13. The van der Waals surface area contributed by atoms with E-state index in [2.05, 4.69) is 31.2 Å². The van der Waals surface area contributed by atoms with Crippen LogP contribution in [0.1, 0.15) is 11.3 Å². The zero-order chi connectivity index (χ0) is 12.3. The Morgan fingerprint density at radius 1 is 1.29 bits per heavy atom. The largest absolute Gasteiger partial charge is 0.377 e. The molecule has 0 aromatic carbocycles. The lowest BCUT2D eigenvalue weighted by Gasteiger charge is -2.08. The second kappa shape index (κ2) is 5.47. The number of aryl methyl sites for hydroxylation is 1. The van der Waals surface area contributed by atoms with Crippen molar-refractivity contribution in [1.82, 2.24) is 9.97 Å². The van der Waals surface area contributed by atoms with Gasteiger partial charge in [0.25, 0.3) is 0 Å². The summed E-state index contributed by atoms with van der Waals surface area (Å²) >= 11 is 9.33. The van der Waals surface area contributed by atoms with Crippen LogP contribution in [0.3, 0.4) is 0 Å². The van der Waals surface area contributed by atoms with Crippen LogP contribution in [0.25, 0.3) is 0 Å². The van der Waals surface area contributed by atoms with Crippen molar-refractivity contribution in [2.24, 2.45) is 0 Å². The predicted molar refractivity (Wildman–Crippen MR) is 73.2 cm³/mol. The van der Waals surface area contributed by atoms with Gasteiger partial charge in [-0.15, -0.1) is 0 Å². The van der Waals surface area contributed by atoms with Crippen molar-refractivity contribution in [1.29, 1.82) is 0 Å². The summed E-state index contributed by atoms with van der Waals surface area (Å²) in [6, 6.07) is 5.88. The van der Waals surface area contributed by atoms with Crippen molar-refractivity contribution in [3.8, 4) is 0 Å². The lowest BCUT2D eigenvalue weighted by Crippen LogP contribution is -2.02. The molecule has 0 aliphatic heterocycles. The SMILES string of the molecule is Cc1cnc(Cl)c(NCc2ccc(Br)cn2)c1. The van der Waals surface area contributed by atoms with Crippen molar-refractivity contribution >= 4 is 33.2 Å². The minimum atomic E-state index is 0.479. The molecule has 0 radical (unpaired) electrons. The van der Waals surface area contributed by atoms with Gasteiger partial charge < -0.3 is 5.32 Å². The van der Waals surface area contributed by atoms with E-state index in [9.17, 15) is 0 Å². The summed E-state index contributed by atoms with van der Waals surface area (Å²) in [5.74, 6) is 0. The average molecular weight is 313 g/mol. The van der Waals surface area contributed by atoms with E-state index >= 15 is 0 Å². The fraction of sp³-hybridized carbons (Fsp3) is 0.167.